The van der Waals surface area contributed by atoms with E-state index in [9.17, 15) is 9.90 Å². The predicted molar refractivity (Wildman–Crippen MR) is 141 cm³/mol. The van der Waals surface area contributed by atoms with Gasteiger partial charge >= 0.3 is 5.91 Å². The zero-order chi connectivity index (χ0) is 25.7. The van der Waals surface area contributed by atoms with Gasteiger partial charge in [0.15, 0.2) is 12.3 Å². The van der Waals surface area contributed by atoms with Crippen LogP contribution in [-0.4, -0.2) is 39.7 Å². The molecule has 7 heteroatoms. The third-order valence-electron chi connectivity index (χ3n) is 7.93. The van der Waals surface area contributed by atoms with E-state index >= 15 is 0 Å². The zero-order valence-electron chi connectivity index (χ0n) is 21.9. The summed E-state index contributed by atoms with van der Waals surface area (Å²) < 4.78 is 7.57. The van der Waals surface area contributed by atoms with Crippen molar-refractivity contribution in [1.29, 1.82) is 0 Å². The molecule has 190 valence electrons. The van der Waals surface area contributed by atoms with E-state index in [4.69, 9.17) is 4.74 Å². The maximum atomic E-state index is 12.5. The third kappa shape index (κ3) is 4.64. The van der Waals surface area contributed by atoms with Gasteiger partial charge in [-0.3, -0.25) is 14.3 Å². The Hall–Kier alpha value is -3.19. The number of nitrogens with zero attached hydrogens (tertiary/aromatic N) is 4. The summed E-state index contributed by atoms with van der Waals surface area (Å²) in [6.07, 6.45) is 3.57. The first kappa shape index (κ1) is 24.5. The molecule has 36 heavy (non-hydrogen) atoms. The number of hydrogen-bond donors (Lipinski definition) is 1. The Morgan fingerprint density at radius 3 is 2.69 bits per heavy atom. The number of benzene rings is 2. The van der Waals surface area contributed by atoms with Crippen LogP contribution in [0.2, 0.25) is 0 Å². The number of azo groups is 1. The molecule has 1 saturated carbocycles. The normalized spacial score (nSPS) is 23.5. The van der Waals surface area contributed by atoms with E-state index in [1.54, 1.807) is 0 Å². The Balaban J connectivity index is 1.36. The van der Waals surface area contributed by atoms with Crippen LogP contribution in [0.5, 0.6) is 11.6 Å². The summed E-state index contributed by atoms with van der Waals surface area (Å²) in [5, 5.41) is 20.0. The molecule has 0 radical (unpaired) electrons. The van der Waals surface area contributed by atoms with Crippen molar-refractivity contribution >= 4 is 22.5 Å². The van der Waals surface area contributed by atoms with Gasteiger partial charge in [-0.05, 0) is 67.2 Å². The average molecular weight is 489 g/mol. The monoisotopic (exact) mass is 488 g/mol. The molecule has 1 aromatic heterocycles. The van der Waals surface area contributed by atoms with Gasteiger partial charge in [-0.1, -0.05) is 51.1 Å². The first-order chi connectivity index (χ1) is 17.1. The molecule has 2 atom stereocenters. The van der Waals surface area contributed by atoms with Crippen molar-refractivity contribution < 1.29 is 14.6 Å². The molecular formula is C29H36N4O3. The minimum Gasteiger partial charge on any atom is -0.493 e. The van der Waals surface area contributed by atoms with Gasteiger partial charge < -0.3 is 9.84 Å². The lowest BCUT2D eigenvalue weighted by Gasteiger charge is -2.40. The summed E-state index contributed by atoms with van der Waals surface area (Å²) >= 11 is 0. The highest BCUT2D eigenvalue weighted by atomic mass is 16.5. The highest BCUT2D eigenvalue weighted by Crippen LogP contribution is 2.53. The van der Waals surface area contributed by atoms with Crippen LogP contribution >= 0.6 is 0 Å². The maximum absolute atomic E-state index is 12.5. The molecule has 2 aliphatic rings. The van der Waals surface area contributed by atoms with E-state index in [0.29, 0.717) is 35.0 Å². The predicted octanol–water partition coefficient (Wildman–Crippen LogP) is 6.51. The molecule has 7 nitrogen and oxygen atoms in total. The number of para-hydroxylation sites is 1. The summed E-state index contributed by atoms with van der Waals surface area (Å²) in [5.41, 5.74) is 3.92. The number of likely N-dealkylation sites (tertiary alicyclic amines) is 1. The second kappa shape index (κ2) is 9.04. The first-order valence-electron chi connectivity index (χ1n) is 12.7. The van der Waals surface area contributed by atoms with Gasteiger partial charge in [0.2, 0.25) is 5.88 Å². The summed E-state index contributed by atoms with van der Waals surface area (Å²) in [7, 11) is 0. The average Bonchev–Trinajstić information content (AvgIpc) is 3.21. The maximum Gasteiger partial charge on any atom is 0.302 e. The Bertz CT molecular complexity index is 1340. The van der Waals surface area contributed by atoms with Gasteiger partial charge in [0.05, 0.1) is 12.2 Å². The molecule has 0 unspecified atom stereocenters. The second-order valence-corrected chi connectivity index (χ2v) is 11.8. The fraction of sp³-hybridized carbons (Fsp3) is 0.483. The standard InChI is InChI=1S/C29H36N4O3/c1-19-9-8-12-24(20(19)2)36-15-25(34)30-31-26-22-10-6-7-11-23(22)33(27(26)35)18-32-17-29(5)14-21(32)13-28(3,4)16-29/h6-12,21,35H,13-18H2,1-5H3/t21-,29-/m1/s1. The van der Waals surface area contributed by atoms with Crippen molar-refractivity contribution in [2.24, 2.45) is 21.1 Å². The van der Waals surface area contributed by atoms with Crippen LogP contribution < -0.4 is 4.74 Å². The molecule has 1 aliphatic carbocycles. The Kier molecular flexibility index (Phi) is 6.15. The summed E-state index contributed by atoms with van der Waals surface area (Å²) in [5.74, 6) is 0.190. The molecule has 2 fully saturated rings. The number of aromatic hydroxyl groups is 1. The highest BCUT2D eigenvalue weighted by molar-refractivity contribution is 5.95. The highest BCUT2D eigenvalue weighted by Gasteiger charge is 2.49. The Morgan fingerprint density at radius 1 is 1.11 bits per heavy atom. The fourth-order valence-electron chi connectivity index (χ4n) is 6.59. The molecule has 2 heterocycles. The number of carbonyl (C=O) groups is 1. The number of amides is 1. The van der Waals surface area contributed by atoms with Crippen LogP contribution in [0, 0.1) is 24.7 Å². The SMILES string of the molecule is Cc1cccc(OCC(=O)N=Nc2c(O)n(CN3C[C@]4(C)C[C@H]3CC(C)(C)C4)c3ccccc23)c1C. The lowest BCUT2D eigenvalue weighted by Crippen LogP contribution is -2.35. The van der Waals surface area contributed by atoms with E-state index < -0.39 is 5.91 Å². The molecular weight excluding hydrogens is 452 g/mol. The number of fused-ring (bicyclic) bond motifs is 3. The quantitative estimate of drug-likeness (QED) is 0.401. The molecule has 0 spiro atoms. The number of aryl methyl sites for hydroxylation is 1. The van der Waals surface area contributed by atoms with Crippen molar-refractivity contribution in [1.82, 2.24) is 9.47 Å². The van der Waals surface area contributed by atoms with Gasteiger partial charge in [0.25, 0.3) is 0 Å². The molecule has 1 amide bonds. The number of hydrogen-bond acceptors (Lipinski definition) is 5. The van der Waals surface area contributed by atoms with Crippen LogP contribution in [0.1, 0.15) is 51.2 Å². The Labute approximate surface area is 212 Å². The van der Waals surface area contributed by atoms with Gasteiger partial charge in [-0.25, -0.2) is 0 Å². The number of rotatable bonds is 6. The van der Waals surface area contributed by atoms with Crippen LogP contribution in [0.15, 0.2) is 52.7 Å². The molecule has 1 saturated heterocycles. The summed E-state index contributed by atoms with van der Waals surface area (Å²) in [6, 6.07) is 14.0. The van der Waals surface area contributed by atoms with Crippen LogP contribution in [0.25, 0.3) is 10.9 Å². The summed E-state index contributed by atoms with van der Waals surface area (Å²) in [6.45, 7) is 12.5. The fourth-order valence-corrected chi connectivity index (χ4v) is 6.59. The summed E-state index contributed by atoms with van der Waals surface area (Å²) in [4.78, 5) is 14.9. The lowest BCUT2D eigenvalue weighted by molar-refractivity contribution is -0.120. The van der Waals surface area contributed by atoms with Crippen molar-refractivity contribution in [3.8, 4) is 11.6 Å². The number of carbonyl (C=O) groups excluding carboxylic acids is 1. The lowest BCUT2D eigenvalue weighted by atomic mass is 9.65. The van der Waals surface area contributed by atoms with E-state index in [2.05, 4.69) is 35.9 Å². The van der Waals surface area contributed by atoms with E-state index in [-0.39, 0.29) is 12.5 Å². The van der Waals surface area contributed by atoms with Crippen molar-refractivity contribution in [3.05, 3.63) is 53.6 Å². The molecule has 3 aromatic rings. The smallest absolute Gasteiger partial charge is 0.302 e. The first-order valence-corrected chi connectivity index (χ1v) is 12.7. The van der Waals surface area contributed by atoms with E-state index in [1.165, 1.54) is 12.8 Å². The zero-order valence-corrected chi connectivity index (χ0v) is 21.9. The van der Waals surface area contributed by atoms with Crippen molar-refractivity contribution in [2.75, 3.05) is 13.2 Å². The molecule has 2 aromatic carbocycles. The second-order valence-electron chi connectivity index (χ2n) is 11.8. The van der Waals surface area contributed by atoms with Crippen LogP contribution in [0.3, 0.4) is 0 Å². The van der Waals surface area contributed by atoms with Crippen molar-refractivity contribution in [3.63, 3.8) is 0 Å². The molecule has 1 aliphatic heterocycles. The minimum atomic E-state index is -0.504. The van der Waals surface area contributed by atoms with E-state index in [1.807, 2.05) is 60.9 Å². The largest absolute Gasteiger partial charge is 0.493 e. The van der Waals surface area contributed by atoms with Gasteiger partial charge in [0, 0.05) is 18.0 Å². The van der Waals surface area contributed by atoms with Crippen LogP contribution in [0.4, 0.5) is 5.69 Å². The minimum absolute atomic E-state index is 0.0362. The third-order valence-corrected chi connectivity index (χ3v) is 7.93. The number of ether oxygens (including phenoxy) is 1. The molecule has 5 rings (SSSR count). The van der Waals surface area contributed by atoms with Crippen molar-refractivity contribution in [2.45, 2.75) is 66.6 Å². The van der Waals surface area contributed by atoms with Crippen LogP contribution in [-0.2, 0) is 11.5 Å². The molecule has 2 bridgehead atoms. The molecule has 1 N–H and O–H groups in total. The number of aromatic nitrogens is 1. The van der Waals surface area contributed by atoms with E-state index in [0.717, 1.165) is 35.0 Å². The Morgan fingerprint density at radius 2 is 1.89 bits per heavy atom. The van der Waals surface area contributed by atoms with Gasteiger partial charge in [0.1, 0.15) is 5.75 Å². The topological polar surface area (TPSA) is 79.4 Å². The van der Waals surface area contributed by atoms with Gasteiger partial charge in [-0.15, -0.1) is 10.2 Å². The van der Waals surface area contributed by atoms with Gasteiger partial charge in [-0.2, -0.15) is 0 Å².